The molecule has 0 saturated carbocycles. The molecule has 0 fully saturated rings. The van der Waals surface area contributed by atoms with Gasteiger partial charge in [-0.25, -0.2) is 8.42 Å². The molecule has 0 bridgehead atoms. The molecule has 0 aliphatic carbocycles. The van der Waals surface area contributed by atoms with Gasteiger partial charge in [0.15, 0.2) is 0 Å². The maximum absolute atomic E-state index is 13.2. The summed E-state index contributed by atoms with van der Waals surface area (Å²) < 4.78 is 34.0. The van der Waals surface area contributed by atoms with E-state index >= 15 is 0 Å². The number of sulfonamides is 1. The number of non-ortho nitro benzene ring substituents is 1. The van der Waals surface area contributed by atoms with Gasteiger partial charge in [0.25, 0.3) is 15.7 Å². The molecule has 0 heterocycles. The van der Waals surface area contributed by atoms with E-state index in [1.54, 1.807) is 45.2 Å². The number of anilines is 2. The Morgan fingerprint density at radius 3 is 2.27 bits per heavy atom. The van der Waals surface area contributed by atoms with Gasteiger partial charge in [0, 0.05) is 12.1 Å². The molecule has 0 radical (unpaired) electrons. The lowest BCUT2D eigenvalue weighted by molar-refractivity contribution is -0.385. The average Bonchev–Trinajstić information content (AvgIpc) is 2.79. The van der Waals surface area contributed by atoms with Crippen LogP contribution in [-0.4, -0.2) is 26.2 Å². The number of hydrazone groups is 1. The number of rotatable bonds is 8. The second-order valence-corrected chi connectivity index (χ2v) is 9.05. The number of nitro benzene ring substituents is 1. The van der Waals surface area contributed by atoms with E-state index in [-0.39, 0.29) is 16.3 Å². The topological polar surface area (TPSA) is 123 Å². The molecular weight excluding hydrogens is 444 g/mol. The fourth-order valence-electron chi connectivity index (χ4n) is 3.11. The molecule has 0 unspecified atom stereocenters. The largest absolute Gasteiger partial charge is 0.497 e. The molecule has 172 valence electrons. The Bertz CT molecular complexity index is 1320. The van der Waals surface area contributed by atoms with Gasteiger partial charge < -0.3 is 4.74 Å². The third-order valence-electron chi connectivity index (χ3n) is 4.94. The molecule has 3 aromatic rings. The van der Waals surface area contributed by atoms with Gasteiger partial charge in [-0.05, 0) is 68.3 Å². The zero-order chi connectivity index (χ0) is 24.2. The van der Waals surface area contributed by atoms with Crippen LogP contribution >= 0.6 is 0 Å². The SMILES string of the molecule is COc1ccc(C(C)=NNc2ccc([N+](=O)[O-])cc2S(=O)(=O)Nc2ccc(C)cc2C)cc1. The van der Waals surface area contributed by atoms with E-state index in [1.165, 1.54) is 12.1 Å². The maximum atomic E-state index is 13.2. The van der Waals surface area contributed by atoms with Crippen LogP contribution in [0.4, 0.5) is 17.1 Å². The zero-order valence-corrected chi connectivity index (χ0v) is 19.4. The van der Waals surface area contributed by atoms with Crippen molar-refractivity contribution in [3.05, 3.63) is 87.5 Å². The van der Waals surface area contributed by atoms with Gasteiger partial charge in [-0.3, -0.25) is 20.3 Å². The fourth-order valence-corrected chi connectivity index (χ4v) is 4.42. The number of methoxy groups -OCH3 is 1. The van der Waals surface area contributed by atoms with Crippen LogP contribution in [0.2, 0.25) is 0 Å². The van der Waals surface area contributed by atoms with Crippen LogP contribution in [0, 0.1) is 24.0 Å². The standard InChI is InChI=1S/C23H24N4O5S/c1-15-5-11-21(16(2)13-15)26-33(30,31)23-14-19(27(28)29)8-12-22(23)25-24-17(3)18-6-9-20(32-4)10-7-18/h5-14,25-26H,1-4H3. The number of ether oxygens (including phenoxy) is 1. The van der Waals surface area contributed by atoms with Crippen molar-refractivity contribution in [2.24, 2.45) is 5.10 Å². The highest BCUT2D eigenvalue weighted by molar-refractivity contribution is 7.92. The summed E-state index contributed by atoms with van der Waals surface area (Å²) in [7, 11) is -2.59. The number of nitrogens with zero attached hydrogens (tertiary/aromatic N) is 2. The Hall–Kier alpha value is -3.92. The minimum atomic E-state index is -4.16. The summed E-state index contributed by atoms with van der Waals surface area (Å²) in [4.78, 5) is 10.3. The van der Waals surface area contributed by atoms with Crippen molar-refractivity contribution < 1.29 is 18.1 Å². The average molecular weight is 469 g/mol. The van der Waals surface area contributed by atoms with Gasteiger partial charge in [-0.1, -0.05) is 17.7 Å². The molecule has 10 heteroatoms. The summed E-state index contributed by atoms with van der Waals surface area (Å²) in [5, 5.41) is 15.5. The lowest BCUT2D eigenvalue weighted by Gasteiger charge is -2.14. The molecule has 0 saturated heterocycles. The molecule has 3 aromatic carbocycles. The summed E-state index contributed by atoms with van der Waals surface area (Å²) in [6.07, 6.45) is 0. The Morgan fingerprint density at radius 2 is 1.67 bits per heavy atom. The predicted molar refractivity (Wildman–Crippen MR) is 129 cm³/mol. The van der Waals surface area contributed by atoms with Crippen molar-refractivity contribution in [1.29, 1.82) is 0 Å². The monoisotopic (exact) mass is 468 g/mol. The molecule has 33 heavy (non-hydrogen) atoms. The second kappa shape index (κ2) is 9.70. The molecule has 0 atom stereocenters. The lowest BCUT2D eigenvalue weighted by atomic mass is 10.1. The molecule has 0 aliphatic rings. The van der Waals surface area contributed by atoms with E-state index in [0.717, 1.165) is 22.8 Å². The Balaban J connectivity index is 1.97. The Labute approximate surface area is 192 Å². The Kier molecular flexibility index (Phi) is 6.98. The molecule has 0 aliphatic heterocycles. The van der Waals surface area contributed by atoms with Gasteiger partial charge in [-0.15, -0.1) is 0 Å². The van der Waals surface area contributed by atoms with Crippen LogP contribution in [0.25, 0.3) is 0 Å². The van der Waals surface area contributed by atoms with Crippen LogP contribution in [-0.2, 0) is 10.0 Å². The van der Waals surface area contributed by atoms with Crippen molar-refractivity contribution in [3.8, 4) is 5.75 Å². The molecule has 0 spiro atoms. The van der Waals surface area contributed by atoms with Crippen LogP contribution in [0.5, 0.6) is 5.75 Å². The van der Waals surface area contributed by atoms with E-state index in [9.17, 15) is 18.5 Å². The van der Waals surface area contributed by atoms with Gasteiger partial charge >= 0.3 is 0 Å². The quantitative estimate of drug-likeness (QED) is 0.277. The first kappa shape index (κ1) is 23.7. The predicted octanol–water partition coefficient (Wildman–Crippen LogP) is 4.86. The first-order valence-corrected chi connectivity index (χ1v) is 11.4. The smallest absolute Gasteiger partial charge is 0.270 e. The van der Waals surface area contributed by atoms with Crippen LogP contribution in [0.1, 0.15) is 23.6 Å². The van der Waals surface area contributed by atoms with Crippen molar-refractivity contribution in [3.63, 3.8) is 0 Å². The van der Waals surface area contributed by atoms with Crippen LogP contribution in [0.15, 0.2) is 70.7 Å². The first-order valence-electron chi connectivity index (χ1n) is 9.94. The highest BCUT2D eigenvalue weighted by atomic mass is 32.2. The number of nitrogens with one attached hydrogen (secondary N) is 2. The number of hydrogen-bond acceptors (Lipinski definition) is 7. The molecule has 0 aromatic heterocycles. The second-order valence-electron chi connectivity index (χ2n) is 7.40. The minimum Gasteiger partial charge on any atom is -0.497 e. The van der Waals surface area contributed by atoms with Crippen molar-refractivity contribution in [2.45, 2.75) is 25.7 Å². The maximum Gasteiger partial charge on any atom is 0.270 e. The van der Waals surface area contributed by atoms with E-state index in [1.807, 2.05) is 25.1 Å². The molecule has 0 amide bonds. The number of benzene rings is 3. The van der Waals surface area contributed by atoms with Crippen molar-refractivity contribution >= 4 is 32.8 Å². The van der Waals surface area contributed by atoms with E-state index in [0.29, 0.717) is 17.1 Å². The van der Waals surface area contributed by atoms with Crippen LogP contribution in [0.3, 0.4) is 0 Å². The number of aryl methyl sites for hydroxylation is 2. The summed E-state index contributed by atoms with van der Waals surface area (Å²) in [6.45, 7) is 5.43. The third-order valence-corrected chi connectivity index (χ3v) is 6.35. The lowest BCUT2D eigenvalue weighted by Crippen LogP contribution is -2.16. The highest BCUT2D eigenvalue weighted by Gasteiger charge is 2.23. The minimum absolute atomic E-state index is 0.103. The summed E-state index contributed by atoms with van der Waals surface area (Å²) in [5.74, 6) is 0.695. The van der Waals surface area contributed by atoms with Gasteiger partial charge in [0.1, 0.15) is 10.6 Å². The van der Waals surface area contributed by atoms with Gasteiger partial charge in [-0.2, -0.15) is 5.10 Å². The highest BCUT2D eigenvalue weighted by Crippen LogP contribution is 2.29. The number of nitro groups is 1. The normalized spacial score (nSPS) is 11.7. The first-order chi connectivity index (χ1) is 15.6. The summed E-state index contributed by atoms with van der Waals surface area (Å²) in [5.41, 5.74) is 5.97. The fraction of sp³-hybridized carbons (Fsp3) is 0.174. The van der Waals surface area contributed by atoms with E-state index < -0.39 is 14.9 Å². The molecule has 3 rings (SSSR count). The summed E-state index contributed by atoms with van der Waals surface area (Å²) >= 11 is 0. The van der Waals surface area contributed by atoms with Gasteiger partial charge in [0.2, 0.25) is 0 Å². The summed E-state index contributed by atoms with van der Waals surface area (Å²) in [6, 6.07) is 16.0. The van der Waals surface area contributed by atoms with Crippen molar-refractivity contribution in [1.82, 2.24) is 0 Å². The van der Waals surface area contributed by atoms with Gasteiger partial charge in [0.05, 0.1) is 29.1 Å². The molecule has 9 nitrogen and oxygen atoms in total. The molecular formula is C23H24N4O5S. The zero-order valence-electron chi connectivity index (χ0n) is 18.6. The van der Waals surface area contributed by atoms with Crippen molar-refractivity contribution in [2.75, 3.05) is 17.3 Å². The van der Waals surface area contributed by atoms with E-state index in [4.69, 9.17) is 4.74 Å². The Morgan fingerprint density at radius 1 is 1.00 bits per heavy atom. The van der Waals surface area contributed by atoms with E-state index in [2.05, 4.69) is 15.2 Å². The molecule has 2 N–H and O–H groups in total. The third kappa shape index (κ3) is 5.66. The number of hydrogen-bond donors (Lipinski definition) is 2. The van der Waals surface area contributed by atoms with Crippen LogP contribution < -0.4 is 14.9 Å².